The maximum atomic E-state index is 12.9. The first-order valence-electron chi connectivity index (χ1n) is 8.25. The van der Waals surface area contributed by atoms with E-state index in [1.165, 1.54) is 22.3 Å². The SMILES string of the molecule is O=C1NC(=O)[C@@]23CC[C@]12C1c2ccccc2C3c2ccccc21. The minimum Gasteiger partial charge on any atom is -0.295 e. The van der Waals surface area contributed by atoms with E-state index in [0.29, 0.717) is 0 Å². The van der Waals surface area contributed by atoms with Crippen LogP contribution in [0.3, 0.4) is 0 Å². The molecule has 7 rings (SSSR count). The van der Waals surface area contributed by atoms with Crippen molar-refractivity contribution in [1.29, 1.82) is 0 Å². The molecule has 3 heteroatoms. The molecular weight excluding hydrogens is 286 g/mol. The van der Waals surface area contributed by atoms with Crippen molar-refractivity contribution in [2.75, 3.05) is 0 Å². The predicted molar refractivity (Wildman–Crippen MR) is 83.8 cm³/mol. The molecule has 112 valence electrons. The summed E-state index contributed by atoms with van der Waals surface area (Å²) in [5.74, 6) is -0.0688. The molecule has 2 amide bonds. The summed E-state index contributed by atoms with van der Waals surface area (Å²) >= 11 is 0. The average molecular weight is 301 g/mol. The Morgan fingerprint density at radius 2 is 1.04 bits per heavy atom. The van der Waals surface area contributed by atoms with Crippen LogP contribution in [0.1, 0.15) is 46.9 Å². The lowest BCUT2D eigenvalue weighted by molar-refractivity contribution is -0.160. The molecule has 1 N–H and O–H groups in total. The molecule has 4 aliphatic carbocycles. The highest BCUT2D eigenvalue weighted by atomic mass is 16.2. The zero-order valence-corrected chi connectivity index (χ0v) is 12.5. The summed E-state index contributed by atoms with van der Waals surface area (Å²) in [4.78, 5) is 25.7. The van der Waals surface area contributed by atoms with Gasteiger partial charge in [-0.25, -0.2) is 0 Å². The largest absolute Gasteiger partial charge is 0.295 e. The van der Waals surface area contributed by atoms with Gasteiger partial charge in [0.05, 0.1) is 10.8 Å². The normalized spacial score (nSPS) is 38.1. The minimum absolute atomic E-state index is 0.0140. The number of hydrogen-bond acceptors (Lipinski definition) is 2. The number of rotatable bonds is 0. The van der Waals surface area contributed by atoms with Crippen molar-refractivity contribution in [3.63, 3.8) is 0 Å². The minimum atomic E-state index is -0.558. The van der Waals surface area contributed by atoms with Crippen LogP contribution in [-0.4, -0.2) is 11.8 Å². The van der Waals surface area contributed by atoms with Crippen molar-refractivity contribution in [2.24, 2.45) is 10.8 Å². The standard InChI is InChI=1S/C20H15NO2/c22-17-19-9-10-20(19,18(23)21-17)16-12-6-2-1-5-11(12)15(19)13-7-3-4-8-14(13)16/h1-8,15-16H,9-10H2,(H,21,22,23)/t15?,16?,19-,20-/m0/s1. The Hall–Kier alpha value is -2.42. The summed E-state index contributed by atoms with van der Waals surface area (Å²) < 4.78 is 0. The summed E-state index contributed by atoms with van der Waals surface area (Å²) in [6.45, 7) is 0. The van der Waals surface area contributed by atoms with Crippen LogP contribution in [0.15, 0.2) is 48.5 Å². The first-order chi connectivity index (χ1) is 11.2. The third-order valence-corrected chi connectivity index (χ3v) is 6.97. The van der Waals surface area contributed by atoms with Crippen LogP contribution in [0.4, 0.5) is 0 Å². The van der Waals surface area contributed by atoms with Gasteiger partial charge in [0.15, 0.2) is 0 Å². The number of nitrogens with one attached hydrogen (secondary N) is 1. The molecule has 0 unspecified atom stereocenters. The van der Waals surface area contributed by atoms with Gasteiger partial charge in [-0.2, -0.15) is 0 Å². The molecule has 0 radical (unpaired) electrons. The number of carbonyl (C=O) groups excluding carboxylic acids is 2. The monoisotopic (exact) mass is 301 g/mol. The second-order valence-corrected chi connectivity index (χ2v) is 7.35. The second kappa shape index (κ2) is 3.40. The van der Waals surface area contributed by atoms with E-state index < -0.39 is 10.8 Å². The van der Waals surface area contributed by atoms with Crippen LogP contribution in [0, 0.1) is 10.8 Å². The van der Waals surface area contributed by atoms with Crippen molar-refractivity contribution >= 4 is 11.8 Å². The Bertz CT molecular complexity index is 811. The third kappa shape index (κ3) is 0.956. The lowest BCUT2D eigenvalue weighted by atomic mass is 9.33. The molecule has 1 saturated heterocycles. The van der Waals surface area contributed by atoms with E-state index in [0.717, 1.165) is 12.8 Å². The van der Waals surface area contributed by atoms with Gasteiger partial charge >= 0.3 is 0 Å². The summed E-state index contributed by atoms with van der Waals surface area (Å²) in [5, 5.41) is 2.69. The first kappa shape index (κ1) is 12.1. The summed E-state index contributed by atoms with van der Waals surface area (Å²) in [6, 6.07) is 16.8. The molecule has 2 bridgehead atoms. The van der Waals surface area contributed by atoms with Crippen LogP contribution in [-0.2, 0) is 9.59 Å². The fourth-order valence-corrected chi connectivity index (χ4v) is 6.16. The van der Waals surface area contributed by atoms with Gasteiger partial charge in [0.25, 0.3) is 0 Å². The van der Waals surface area contributed by atoms with Gasteiger partial charge in [-0.05, 0) is 35.1 Å². The molecule has 5 aliphatic rings. The summed E-state index contributed by atoms with van der Waals surface area (Å²) in [7, 11) is 0. The molecule has 0 aromatic heterocycles. The Balaban J connectivity index is 1.81. The molecule has 0 spiro atoms. The predicted octanol–water partition coefficient (Wildman–Crippen LogP) is 2.70. The Labute approximate surface area is 133 Å². The molecule has 1 heterocycles. The zero-order valence-electron chi connectivity index (χ0n) is 12.5. The van der Waals surface area contributed by atoms with E-state index in [1.807, 2.05) is 24.3 Å². The maximum absolute atomic E-state index is 12.9. The quantitative estimate of drug-likeness (QED) is 0.761. The van der Waals surface area contributed by atoms with Crippen LogP contribution < -0.4 is 5.32 Å². The van der Waals surface area contributed by atoms with Crippen molar-refractivity contribution in [1.82, 2.24) is 5.32 Å². The van der Waals surface area contributed by atoms with Gasteiger partial charge in [-0.3, -0.25) is 14.9 Å². The highest BCUT2D eigenvalue weighted by Gasteiger charge is 2.81. The van der Waals surface area contributed by atoms with Crippen molar-refractivity contribution in [3.8, 4) is 0 Å². The van der Waals surface area contributed by atoms with Crippen molar-refractivity contribution in [3.05, 3.63) is 70.8 Å². The van der Waals surface area contributed by atoms with Crippen molar-refractivity contribution in [2.45, 2.75) is 24.7 Å². The Morgan fingerprint density at radius 1 is 0.696 bits per heavy atom. The van der Waals surface area contributed by atoms with Crippen molar-refractivity contribution < 1.29 is 9.59 Å². The number of hydrogen-bond donors (Lipinski definition) is 1. The fourth-order valence-electron chi connectivity index (χ4n) is 6.16. The molecule has 2 aromatic carbocycles. The summed E-state index contributed by atoms with van der Waals surface area (Å²) in [6.07, 6.45) is 1.63. The van der Waals surface area contributed by atoms with E-state index in [4.69, 9.17) is 0 Å². The lowest BCUT2D eigenvalue weighted by Gasteiger charge is -2.65. The van der Waals surface area contributed by atoms with Crippen LogP contribution in [0.5, 0.6) is 0 Å². The molecule has 1 saturated carbocycles. The molecule has 2 fully saturated rings. The van der Waals surface area contributed by atoms with Gasteiger partial charge in [-0.1, -0.05) is 48.5 Å². The fraction of sp³-hybridized carbons (Fsp3) is 0.300. The van der Waals surface area contributed by atoms with Gasteiger partial charge < -0.3 is 0 Å². The van der Waals surface area contributed by atoms with Gasteiger partial charge in [0.2, 0.25) is 11.8 Å². The number of carbonyl (C=O) groups is 2. The first-order valence-corrected chi connectivity index (χ1v) is 8.25. The molecular formula is C20H15NO2. The highest BCUT2D eigenvalue weighted by Crippen LogP contribution is 2.79. The highest BCUT2D eigenvalue weighted by molar-refractivity contribution is 6.14. The maximum Gasteiger partial charge on any atom is 0.234 e. The van der Waals surface area contributed by atoms with E-state index >= 15 is 0 Å². The van der Waals surface area contributed by atoms with Gasteiger partial charge in [-0.15, -0.1) is 0 Å². The molecule has 3 nitrogen and oxygen atoms in total. The Morgan fingerprint density at radius 3 is 1.35 bits per heavy atom. The average Bonchev–Trinajstić information content (AvgIpc) is 2.72. The van der Waals surface area contributed by atoms with E-state index in [1.54, 1.807) is 0 Å². The topological polar surface area (TPSA) is 46.2 Å². The van der Waals surface area contributed by atoms with E-state index in [-0.39, 0.29) is 23.7 Å². The number of benzene rings is 2. The van der Waals surface area contributed by atoms with Gasteiger partial charge in [0, 0.05) is 11.8 Å². The number of imide groups is 1. The van der Waals surface area contributed by atoms with Crippen LogP contribution in [0.2, 0.25) is 0 Å². The zero-order chi connectivity index (χ0) is 15.4. The van der Waals surface area contributed by atoms with Gasteiger partial charge in [0.1, 0.15) is 0 Å². The lowest BCUT2D eigenvalue weighted by Crippen LogP contribution is -2.65. The summed E-state index contributed by atoms with van der Waals surface area (Å²) in [5.41, 5.74) is 3.87. The smallest absolute Gasteiger partial charge is 0.234 e. The number of amides is 2. The molecule has 2 atom stereocenters. The third-order valence-electron chi connectivity index (χ3n) is 6.97. The molecule has 23 heavy (non-hydrogen) atoms. The van der Waals surface area contributed by atoms with Crippen LogP contribution >= 0.6 is 0 Å². The van der Waals surface area contributed by atoms with E-state index in [2.05, 4.69) is 29.6 Å². The van der Waals surface area contributed by atoms with E-state index in [9.17, 15) is 9.59 Å². The Kier molecular flexibility index (Phi) is 1.78. The van der Waals surface area contributed by atoms with Crippen LogP contribution in [0.25, 0.3) is 0 Å². The molecule has 1 aliphatic heterocycles. The molecule has 2 aromatic rings. The second-order valence-electron chi connectivity index (χ2n) is 7.35.